The van der Waals surface area contributed by atoms with Crippen LogP contribution in [0.5, 0.6) is 5.75 Å². The summed E-state index contributed by atoms with van der Waals surface area (Å²) >= 11 is 0. The number of carboxylic acid groups (broad SMARTS) is 1. The van der Waals surface area contributed by atoms with Crippen LogP contribution in [0, 0.1) is 5.82 Å². The second-order valence-corrected chi connectivity index (χ2v) is 7.28. The van der Waals surface area contributed by atoms with Crippen LogP contribution in [-0.2, 0) is 13.1 Å². The van der Waals surface area contributed by atoms with Crippen LogP contribution in [0.4, 0.5) is 4.39 Å². The van der Waals surface area contributed by atoms with Gasteiger partial charge in [-0.05, 0) is 42.3 Å². The third kappa shape index (κ3) is 2.29. The van der Waals surface area contributed by atoms with Gasteiger partial charge < -0.3 is 19.7 Å². The van der Waals surface area contributed by atoms with Gasteiger partial charge in [-0.3, -0.25) is 4.79 Å². The minimum absolute atomic E-state index is 0.134. The van der Waals surface area contributed by atoms with Crippen LogP contribution < -0.4 is 15.5 Å². The van der Waals surface area contributed by atoms with E-state index < -0.39 is 11.4 Å². The summed E-state index contributed by atoms with van der Waals surface area (Å²) in [5.41, 5.74) is 2.67. The van der Waals surface area contributed by atoms with E-state index in [0.29, 0.717) is 47.7 Å². The fourth-order valence-electron chi connectivity index (χ4n) is 4.10. The number of carbonyl (C=O) groups is 1. The number of carboxylic acids is 1. The molecule has 7 heteroatoms. The number of halogens is 1. The van der Waals surface area contributed by atoms with E-state index in [1.807, 2.05) is 13.0 Å². The highest BCUT2D eigenvalue weighted by Crippen LogP contribution is 2.41. The monoisotopic (exact) mass is 380 g/mol. The van der Waals surface area contributed by atoms with Crippen LogP contribution in [0.15, 0.2) is 35.3 Å². The molecule has 0 radical (unpaired) electrons. The molecule has 1 aromatic heterocycles. The lowest BCUT2D eigenvalue weighted by Gasteiger charge is -2.28. The van der Waals surface area contributed by atoms with E-state index in [0.717, 1.165) is 5.56 Å². The standard InChI is InChI=1S/C21H17FN2O4/c1-10-9-28-20-13(11-4-12-6-23-7-15(12)17(22)5-11)2-3-14-18(20)24(10)8-16(19(14)25)21(26)27/h2-5,8,10,23H,6-7,9H2,1H3,(H,26,27)/t10-/m0/s1. The molecule has 6 nitrogen and oxygen atoms in total. The average molecular weight is 380 g/mol. The Morgan fingerprint density at radius 3 is 2.93 bits per heavy atom. The number of benzene rings is 2. The molecule has 2 aromatic carbocycles. The van der Waals surface area contributed by atoms with Gasteiger partial charge in [-0.15, -0.1) is 0 Å². The van der Waals surface area contributed by atoms with Gasteiger partial charge in [-0.1, -0.05) is 0 Å². The third-order valence-electron chi connectivity index (χ3n) is 5.54. The van der Waals surface area contributed by atoms with Crippen LogP contribution in [-0.4, -0.2) is 22.2 Å². The maximum absolute atomic E-state index is 14.5. The topological polar surface area (TPSA) is 80.6 Å². The van der Waals surface area contributed by atoms with E-state index in [4.69, 9.17) is 4.74 Å². The number of ether oxygens (including phenoxy) is 1. The maximum atomic E-state index is 14.5. The first kappa shape index (κ1) is 16.9. The quantitative estimate of drug-likeness (QED) is 0.714. The Labute approximate surface area is 159 Å². The fraction of sp³-hybridized carbons (Fsp3) is 0.238. The Balaban J connectivity index is 1.83. The number of nitrogens with zero attached hydrogens (tertiary/aromatic N) is 1. The fourth-order valence-corrected chi connectivity index (χ4v) is 4.10. The molecule has 0 bridgehead atoms. The maximum Gasteiger partial charge on any atom is 0.341 e. The van der Waals surface area contributed by atoms with E-state index in [2.05, 4.69) is 5.32 Å². The molecule has 0 saturated heterocycles. The Bertz CT molecular complexity index is 1230. The largest absolute Gasteiger partial charge is 0.489 e. The van der Waals surface area contributed by atoms with E-state index in [-0.39, 0.29) is 22.8 Å². The van der Waals surface area contributed by atoms with Gasteiger partial charge in [0.15, 0.2) is 5.75 Å². The molecule has 0 fully saturated rings. The predicted octanol–water partition coefficient (Wildman–Crippen LogP) is 3.06. The number of hydrogen-bond acceptors (Lipinski definition) is 4. The first-order chi connectivity index (χ1) is 13.5. The van der Waals surface area contributed by atoms with Crippen molar-refractivity contribution >= 4 is 16.9 Å². The molecule has 3 heterocycles. The first-order valence-corrected chi connectivity index (χ1v) is 9.06. The summed E-state index contributed by atoms with van der Waals surface area (Å²) in [6.45, 7) is 3.34. The highest BCUT2D eigenvalue weighted by molar-refractivity contribution is 5.97. The lowest BCUT2D eigenvalue weighted by Crippen LogP contribution is -2.26. The van der Waals surface area contributed by atoms with Crippen molar-refractivity contribution in [1.82, 2.24) is 9.88 Å². The zero-order valence-corrected chi connectivity index (χ0v) is 15.1. The van der Waals surface area contributed by atoms with E-state index >= 15 is 0 Å². The minimum Gasteiger partial charge on any atom is -0.489 e. The van der Waals surface area contributed by atoms with Crippen LogP contribution in [0.3, 0.4) is 0 Å². The second-order valence-electron chi connectivity index (χ2n) is 7.28. The number of aromatic carboxylic acids is 1. The van der Waals surface area contributed by atoms with Gasteiger partial charge in [0.2, 0.25) is 5.43 Å². The van der Waals surface area contributed by atoms with Gasteiger partial charge in [0.1, 0.15) is 18.0 Å². The van der Waals surface area contributed by atoms with Crippen LogP contribution >= 0.6 is 0 Å². The van der Waals surface area contributed by atoms with Gasteiger partial charge in [0, 0.05) is 30.4 Å². The molecule has 0 amide bonds. The van der Waals surface area contributed by atoms with Crippen LogP contribution in [0.25, 0.3) is 22.0 Å². The molecule has 2 aliphatic rings. The molecular formula is C21H17FN2O4. The van der Waals surface area contributed by atoms with Crippen molar-refractivity contribution in [3.8, 4) is 16.9 Å². The van der Waals surface area contributed by atoms with E-state index in [9.17, 15) is 19.1 Å². The molecule has 5 rings (SSSR count). The molecule has 0 unspecified atom stereocenters. The predicted molar refractivity (Wildman–Crippen MR) is 101 cm³/mol. The number of aromatic nitrogens is 1. The molecule has 2 N–H and O–H groups in total. The third-order valence-corrected chi connectivity index (χ3v) is 5.54. The number of rotatable bonds is 2. The normalized spacial score (nSPS) is 17.4. The smallest absolute Gasteiger partial charge is 0.341 e. The zero-order valence-electron chi connectivity index (χ0n) is 15.1. The highest BCUT2D eigenvalue weighted by atomic mass is 19.1. The van der Waals surface area contributed by atoms with Crippen LogP contribution in [0.1, 0.15) is 34.5 Å². The van der Waals surface area contributed by atoms with Crippen LogP contribution in [0.2, 0.25) is 0 Å². The Morgan fingerprint density at radius 2 is 2.14 bits per heavy atom. The molecule has 2 aliphatic heterocycles. The van der Waals surface area contributed by atoms with Crippen molar-refractivity contribution < 1.29 is 19.0 Å². The van der Waals surface area contributed by atoms with Gasteiger partial charge in [-0.2, -0.15) is 0 Å². The summed E-state index contributed by atoms with van der Waals surface area (Å²) in [6.07, 6.45) is 1.38. The molecule has 28 heavy (non-hydrogen) atoms. The Hall–Kier alpha value is -3.19. The average Bonchev–Trinajstić information content (AvgIpc) is 3.14. The van der Waals surface area contributed by atoms with Gasteiger partial charge in [0.25, 0.3) is 0 Å². The lowest BCUT2D eigenvalue weighted by atomic mass is 9.96. The first-order valence-electron chi connectivity index (χ1n) is 9.06. The van der Waals surface area contributed by atoms with Crippen molar-refractivity contribution in [3.63, 3.8) is 0 Å². The second kappa shape index (κ2) is 5.90. The molecular weight excluding hydrogens is 363 g/mol. The number of fused-ring (bicyclic) bond motifs is 1. The molecule has 1 atom stereocenters. The van der Waals surface area contributed by atoms with Crippen molar-refractivity contribution in [1.29, 1.82) is 0 Å². The van der Waals surface area contributed by atoms with E-state index in [1.54, 1.807) is 16.7 Å². The van der Waals surface area contributed by atoms with Crippen molar-refractivity contribution in [2.75, 3.05) is 6.61 Å². The van der Waals surface area contributed by atoms with Gasteiger partial charge in [-0.25, -0.2) is 9.18 Å². The van der Waals surface area contributed by atoms with Crippen molar-refractivity contribution in [2.45, 2.75) is 26.1 Å². The summed E-state index contributed by atoms with van der Waals surface area (Å²) < 4.78 is 22.3. The number of pyridine rings is 1. The minimum atomic E-state index is -1.26. The Kier molecular flexibility index (Phi) is 3.57. The van der Waals surface area contributed by atoms with Crippen molar-refractivity contribution in [2.24, 2.45) is 0 Å². The lowest BCUT2D eigenvalue weighted by molar-refractivity contribution is 0.0694. The highest BCUT2D eigenvalue weighted by Gasteiger charge is 2.27. The summed E-state index contributed by atoms with van der Waals surface area (Å²) in [6, 6.07) is 6.59. The molecule has 142 valence electrons. The van der Waals surface area contributed by atoms with Gasteiger partial charge in [0.05, 0.1) is 16.9 Å². The van der Waals surface area contributed by atoms with E-state index in [1.165, 1.54) is 12.3 Å². The summed E-state index contributed by atoms with van der Waals surface area (Å²) in [4.78, 5) is 24.1. The molecule has 0 aliphatic carbocycles. The number of hydrogen-bond donors (Lipinski definition) is 2. The molecule has 0 spiro atoms. The zero-order chi connectivity index (χ0) is 19.6. The number of nitrogens with one attached hydrogen (secondary N) is 1. The van der Waals surface area contributed by atoms with Crippen molar-refractivity contribution in [3.05, 3.63) is 63.2 Å². The Morgan fingerprint density at radius 1 is 1.32 bits per heavy atom. The molecule has 3 aromatic rings. The van der Waals surface area contributed by atoms with Gasteiger partial charge >= 0.3 is 5.97 Å². The summed E-state index contributed by atoms with van der Waals surface area (Å²) in [5.74, 6) is -1.05. The summed E-state index contributed by atoms with van der Waals surface area (Å²) in [7, 11) is 0. The SMILES string of the molecule is C[C@H]1COc2c(-c3cc(F)c4c(c3)CNC4)ccc3c(=O)c(C(=O)O)cn1c23. The summed E-state index contributed by atoms with van der Waals surface area (Å²) in [5, 5.41) is 12.8. The molecule has 0 saturated carbocycles.